The molecule has 2 nitrogen and oxygen atoms in total. The first-order valence-corrected chi connectivity index (χ1v) is 5.13. The summed E-state index contributed by atoms with van der Waals surface area (Å²) in [5.74, 6) is 0. The van der Waals surface area contributed by atoms with Gasteiger partial charge in [0.05, 0.1) is 0 Å². The van der Waals surface area contributed by atoms with Gasteiger partial charge in [0.1, 0.15) is 0 Å². The summed E-state index contributed by atoms with van der Waals surface area (Å²) in [7, 11) is 0. The van der Waals surface area contributed by atoms with E-state index in [0.29, 0.717) is 5.41 Å². The van der Waals surface area contributed by atoms with Crippen molar-refractivity contribution in [2.24, 2.45) is 11.1 Å². The van der Waals surface area contributed by atoms with E-state index in [2.05, 4.69) is 25.8 Å². The van der Waals surface area contributed by atoms with Crippen molar-refractivity contribution >= 4 is 0 Å². The summed E-state index contributed by atoms with van der Waals surface area (Å²) in [5, 5.41) is 0. The van der Waals surface area contributed by atoms with Crippen LogP contribution in [0.5, 0.6) is 0 Å². The fourth-order valence-corrected chi connectivity index (χ4v) is 1.65. The van der Waals surface area contributed by atoms with Gasteiger partial charge in [-0.25, -0.2) is 0 Å². The van der Waals surface area contributed by atoms with Gasteiger partial charge in [0, 0.05) is 24.4 Å². The number of rotatable bonds is 3. The predicted octanol–water partition coefficient (Wildman–Crippen LogP) is 2.39. The molecule has 0 radical (unpaired) electrons. The molecule has 1 atom stereocenters. The topological polar surface area (TPSA) is 38.9 Å². The first-order valence-electron chi connectivity index (χ1n) is 5.13. The molecule has 0 bridgehead atoms. The number of nitrogens with zero attached hydrogens (tertiary/aromatic N) is 1. The van der Waals surface area contributed by atoms with Gasteiger partial charge >= 0.3 is 0 Å². The quantitative estimate of drug-likeness (QED) is 0.798. The van der Waals surface area contributed by atoms with Crippen molar-refractivity contribution in [2.45, 2.75) is 39.7 Å². The van der Waals surface area contributed by atoms with Crippen LogP contribution in [0.2, 0.25) is 0 Å². The number of nitrogens with two attached hydrogens (primary N) is 1. The summed E-state index contributed by atoms with van der Waals surface area (Å²) in [5.41, 5.74) is 7.44. The molecule has 1 aromatic rings. The van der Waals surface area contributed by atoms with Crippen LogP contribution in [0.1, 0.15) is 32.9 Å². The lowest BCUT2D eigenvalue weighted by Gasteiger charge is -2.22. The molecule has 0 aliphatic carbocycles. The SMILES string of the molecule is CC(C)(C)CC(N)Cc1ccccn1. The third-order valence-electron chi connectivity index (χ3n) is 2.07. The Kier molecular flexibility index (Phi) is 3.64. The van der Waals surface area contributed by atoms with Gasteiger partial charge in [-0.2, -0.15) is 0 Å². The van der Waals surface area contributed by atoms with E-state index < -0.39 is 0 Å². The Morgan fingerprint density at radius 1 is 1.36 bits per heavy atom. The van der Waals surface area contributed by atoms with Gasteiger partial charge in [-0.15, -0.1) is 0 Å². The van der Waals surface area contributed by atoms with Crippen molar-refractivity contribution in [3.63, 3.8) is 0 Å². The van der Waals surface area contributed by atoms with Crippen LogP contribution in [0.4, 0.5) is 0 Å². The molecular weight excluding hydrogens is 172 g/mol. The van der Waals surface area contributed by atoms with E-state index >= 15 is 0 Å². The molecule has 0 saturated heterocycles. The molecule has 0 fully saturated rings. The fourth-order valence-electron chi connectivity index (χ4n) is 1.65. The maximum atomic E-state index is 6.05. The van der Waals surface area contributed by atoms with Crippen LogP contribution >= 0.6 is 0 Å². The highest BCUT2D eigenvalue weighted by molar-refractivity contribution is 5.05. The first-order chi connectivity index (χ1) is 6.47. The minimum absolute atomic E-state index is 0.213. The second-order valence-corrected chi connectivity index (χ2v) is 5.05. The molecule has 1 rings (SSSR count). The third kappa shape index (κ3) is 4.38. The van der Waals surface area contributed by atoms with Crippen molar-refractivity contribution in [2.75, 3.05) is 0 Å². The maximum Gasteiger partial charge on any atom is 0.0419 e. The van der Waals surface area contributed by atoms with E-state index in [1.807, 2.05) is 24.4 Å². The van der Waals surface area contributed by atoms with E-state index in [1.165, 1.54) is 0 Å². The lowest BCUT2D eigenvalue weighted by Crippen LogP contribution is -2.28. The summed E-state index contributed by atoms with van der Waals surface area (Å²) < 4.78 is 0. The monoisotopic (exact) mass is 192 g/mol. The molecule has 1 heterocycles. The van der Waals surface area contributed by atoms with Crippen LogP contribution in [0.25, 0.3) is 0 Å². The zero-order valence-corrected chi connectivity index (χ0v) is 9.33. The maximum absolute atomic E-state index is 6.05. The highest BCUT2D eigenvalue weighted by Gasteiger charge is 2.15. The molecule has 2 N–H and O–H groups in total. The van der Waals surface area contributed by atoms with Crippen molar-refractivity contribution in [3.05, 3.63) is 30.1 Å². The van der Waals surface area contributed by atoms with Gasteiger partial charge in [-0.1, -0.05) is 26.8 Å². The summed E-state index contributed by atoms with van der Waals surface area (Å²) in [6, 6.07) is 6.18. The highest BCUT2D eigenvalue weighted by Crippen LogP contribution is 2.21. The third-order valence-corrected chi connectivity index (χ3v) is 2.07. The molecule has 1 aromatic heterocycles. The van der Waals surface area contributed by atoms with Crippen LogP contribution in [0, 0.1) is 5.41 Å². The van der Waals surface area contributed by atoms with Crippen LogP contribution in [-0.4, -0.2) is 11.0 Å². The zero-order valence-electron chi connectivity index (χ0n) is 9.33. The first kappa shape index (κ1) is 11.2. The molecule has 0 spiro atoms. The molecule has 2 heteroatoms. The van der Waals surface area contributed by atoms with E-state index in [9.17, 15) is 0 Å². The molecular formula is C12H20N2. The van der Waals surface area contributed by atoms with Gasteiger partial charge in [0.2, 0.25) is 0 Å². The average molecular weight is 192 g/mol. The normalized spacial score (nSPS) is 14.0. The molecule has 1 unspecified atom stereocenters. The molecule has 0 aliphatic rings. The summed E-state index contributed by atoms with van der Waals surface area (Å²) in [6.07, 6.45) is 3.72. The standard InChI is InChI=1S/C12H20N2/c1-12(2,3)9-10(13)8-11-6-4-5-7-14-11/h4-7,10H,8-9,13H2,1-3H3. The Bertz CT molecular complexity index is 261. The number of pyridine rings is 1. The Morgan fingerprint density at radius 2 is 2.07 bits per heavy atom. The summed E-state index contributed by atoms with van der Waals surface area (Å²) in [6.45, 7) is 6.64. The smallest absolute Gasteiger partial charge is 0.0419 e. The second-order valence-electron chi connectivity index (χ2n) is 5.05. The predicted molar refractivity (Wildman–Crippen MR) is 60.0 cm³/mol. The molecule has 78 valence electrons. The van der Waals surface area contributed by atoms with E-state index in [-0.39, 0.29) is 6.04 Å². The summed E-state index contributed by atoms with van der Waals surface area (Å²) >= 11 is 0. The van der Waals surface area contributed by atoms with Crippen molar-refractivity contribution in [1.82, 2.24) is 4.98 Å². The van der Waals surface area contributed by atoms with Gasteiger partial charge in [-0.3, -0.25) is 4.98 Å². The fraction of sp³-hybridized carbons (Fsp3) is 0.583. The average Bonchev–Trinajstić information content (AvgIpc) is 2.02. The Balaban J connectivity index is 2.46. The van der Waals surface area contributed by atoms with E-state index in [1.54, 1.807) is 0 Å². The molecule has 0 aromatic carbocycles. The molecule has 0 aliphatic heterocycles. The van der Waals surface area contributed by atoms with Crippen molar-refractivity contribution in [3.8, 4) is 0 Å². The van der Waals surface area contributed by atoms with Gasteiger partial charge in [0.25, 0.3) is 0 Å². The summed E-state index contributed by atoms with van der Waals surface area (Å²) in [4.78, 5) is 4.27. The second kappa shape index (κ2) is 4.56. The van der Waals surface area contributed by atoms with E-state index in [4.69, 9.17) is 5.73 Å². The largest absolute Gasteiger partial charge is 0.327 e. The molecule has 0 saturated carbocycles. The Morgan fingerprint density at radius 3 is 2.57 bits per heavy atom. The number of aromatic nitrogens is 1. The molecule has 14 heavy (non-hydrogen) atoms. The van der Waals surface area contributed by atoms with Gasteiger partial charge in [0.15, 0.2) is 0 Å². The van der Waals surface area contributed by atoms with Crippen LogP contribution in [0.3, 0.4) is 0 Å². The minimum atomic E-state index is 0.213. The van der Waals surface area contributed by atoms with Crippen LogP contribution in [-0.2, 0) is 6.42 Å². The molecule has 0 amide bonds. The highest BCUT2D eigenvalue weighted by atomic mass is 14.7. The Labute approximate surface area is 86.5 Å². The van der Waals surface area contributed by atoms with Crippen molar-refractivity contribution in [1.29, 1.82) is 0 Å². The van der Waals surface area contributed by atoms with Crippen molar-refractivity contribution < 1.29 is 0 Å². The van der Waals surface area contributed by atoms with E-state index in [0.717, 1.165) is 18.5 Å². The van der Waals surface area contributed by atoms with Gasteiger partial charge < -0.3 is 5.73 Å². The number of hydrogen-bond acceptors (Lipinski definition) is 2. The van der Waals surface area contributed by atoms with Crippen LogP contribution in [0.15, 0.2) is 24.4 Å². The van der Waals surface area contributed by atoms with Crippen LogP contribution < -0.4 is 5.73 Å². The van der Waals surface area contributed by atoms with Gasteiger partial charge in [-0.05, 0) is 24.0 Å². The lowest BCUT2D eigenvalue weighted by molar-refractivity contribution is 0.337. The zero-order chi connectivity index (χ0) is 10.6. The lowest BCUT2D eigenvalue weighted by atomic mass is 9.87. The Hall–Kier alpha value is -0.890. The minimum Gasteiger partial charge on any atom is -0.327 e. The number of hydrogen-bond donors (Lipinski definition) is 1.